The van der Waals surface area contributed by atoms with E-state index in [-0.39, 0.29) is 12.1 Å². The van der Waals surface area contributed by atoms with Gasteiger partial charge in [0.2, 0.25) is 0 Å². The quantitative estimate of drug-likeness (QED) is 0.797. The summed E-state index contributed by atoms with van der Waals surface area (Å²) in [6, 6.07) is 6.65. The molecule has 4 heteroatoms. The second-order valence-electron chi connectivity index (χ2n) is 3.81. The van der Waals surface area contributed by atoms with E-state index in [0.29, 0.717) is 17.9 Å². The van der Waals surface area contributed by atoms with Crippen molar-refractivity contribution in [3.63, 3.8) is 0 Å². The van der Waals surface area contributed by atoms with E-state index in [0.717, 1.165) is 0 Å². The minimum atomic E-state index is -0.542. The molecule has 0 aromatic heterocycles. The molecule has 1 aromatic rings. The minimum absolute atomic E-state index is 0.288. The van der Waals surface area contributed by atoms with Crippen molar-refractivity contribution in [1.82, 2.24) is 0 Å². The maximum Gasteiger partial charge on any atom is 0.338 e. The van der Waals surface area contributed by atoms with E-state index in [2.05, 4.69) is 0 Å². The summed E-state index contributed by atoms with van der Waals surface area (Å²) in [7, 11) is 0. The fraction of sp³-hybridized carbons (Fsp3) is 0.462. The first-order chi connectivity index (χ1) is 8.04. The lowest BCUT2D eigenvalue weighted by molar-refractivity contribution is 0.0524. The molecule has 4 nitrogen and oxygen atoms in total. The highest BCUT2D eigenvalue weighted by Gasteiger charge is 2.11. The van der Waals surface area contributed by atoms with Gasteiger partial charge in [-0.3, -0.25) is 0 Å². The zero-order valence-corrected chi connectivity index (χ0v) is 10.3. The molecule has 2 atom stereocenters. The number of esters is 1. The molecule has 0 amide bonds. The number of hydrogen-bond donors (Lipinski definition) is 1. The van der Waals surface area contributed by atoms with Crippen molar-refractivity contribution < 1.29 is 19.4 Å². The van der Waals surface area contributed by atoms with E-state index < -0.39 is 6.10 Å². The number of aliphatic hydroxyl groups excluding tert-OH is 1. The highest BCUT2D eigenvalue weighted by Crippen LogP contribution is 2.15. The first kappa shape index (κ1) is 13.5. The Morgan fingerprint density at radius 2 is 1.88 bits per heavy atom. The smallest absolute Gasteiger partial charge is 0.338 e. The van der Waals surface area contributed by atoms with Crippen LogP contribution in [0.4, 0.5) is 0 Å². The van der Waals surface area contributed by atoms with Crippen molar-refractivity contribution in [3.8, 4) is 5.75 Å². The van der Waals surface area contributed by atoms with Gasteiger partial charge in [0.25, 0.3) is 0 Å². The van der Waals surface area contributed by atoms with Gasteiger partial charge >= 0.3 is 5.97 Å². The van der Waals surface area contributed by atoms with Crippen molar-refractivity contribution in [2.75, 3.05) is 6.61 Å². The third-order valence-electron chi connectivity index (χ3n) is 2.37. The van der Waals surface area contributed by atoms with E-state index in [1.54, 1.807) is 45.0 Å². The lowest BCUT2D eigenvalue weighted by Gasteiger charge is -2.17. The van der Waals surface area contributed by atoms with E-state index in [1.165, 1.54) is 0 Å². The molecule has 0 bridgehead atoms. The number of carbonyl (C=O) groups excluding carboxylic acids is 1. The van der Waals surface area contributed by atoms with Crippen LogP contribution in [0.25, 0.3) is 0 Å². The fourth-order valence-electron chi connectivity index (χ4n) is 1.20. The number of benzene rings is 1. The molecule has 0 aliphatic rings. The molecule has 0 heterocycles. The average molecular weight is 238 g/mol. The monoisotopic (exact) mass is 238 g/mol. The zero-order valence-electron chi connectivity index (χ0n) is 10.3. The van der Waals surface area contributed by atoms with Crippen LogP contribution >= 0.6 is 0 Å². The Hall–Kier alpha value is -1.55. The molecule has 0 spiro atoms. The maximum atomic E-state index is 11.4. The highest BCUT2D eigenvalue weighted by atomic mass is 16.5. The highest BCUT2D eigenvalue weighted by molar-refractivity contribution is 5.89. The van der Waals surface area contributed by atoms with E-state index >= 15 is 0 Å². The Bertz CT molecular complexity index is 356. The van der Waals surface area contributed by atoms with E-state index in [1.807, 2.05) is 0 Å². The van der Waals surface area contributed by atoms with Crippen LogP contribution in [0.2, 0.25) is 0 Å². The van der Waals surface area contributed by atoms with Crippen molar-refractivity contribution in [1.29, 1.82) is 0 Å². The van der Waals surface area contributed by atoms with Gasteiger partial charge < -0.3 is 14.6 Å². The predicted molar refractivity (Wildman–Crippen MR) is 64.2 cm³/mol. The largest absolute Gasteiger partial charge is 0.488 e. The van der Waals surface area contributed by atoms with Gasteiger partial charge in [-0.05, 0) is 45.0 Å². The van der Waals surface area contributed by atoms with Gasteiger partial charge in [-0.25, -0.2) is 4.79 Å². The summed E-state index contributed by atoms with van der Waals surface area (Å²) >= 11 is 0. The standard InChI is InChI=1S/C13H18O4/c1-4-16-13(15)11-5-7-12(8-6-11)17-10(3)9(2)14/h5-10,14H,4H2,1-3H3. The Balaban J connectivity index is 2.65. The number of hydrogen-bond acceptors (Lipinski definition) is 4. The zero-order chi connectivity index (χ0) is 12.8. The van der Waals surface area contributed by atoms with Gasteiger partial charge in [-0.2, -0.15) is 0 Å². The minimum Gasteiger partial charge on any atom is -0.488 e. The van der Waals surface area contributed by atoms with Gasteiger partial charge in [-0.1, -0.05) is 0 Å². The van der Waals surface area contributed by atoms with Crippen molar-refractivity contribution in [3.05, 3.63) is 29.8 Å². The molecule has 94 valence electrons. The molecule has 0 fully saturated rings. The van der Waals surface area contributed by atoms with Crippen molar-refractivity contribution >= 4 is 5.97 Å². The molecule has 17 heavy (non-hydrogen) atoms. The molecule has 1 rings (SSSR count). The normalized spacial score (nSPS) is 13.9. The molecule has 1 N–H and O–H groups in total. The molecular formula is C13H18O4. The van der Waals surface area contributed by atoms with Gasteiger partial charge in [0.05, 0.1) is 18.3 Å². The summed E-state index contributed by atoms with van der Waals surface area (Å²) in [5.74, 6) is 0.272. The Morgan fingerprint density at radius 1 is 1.29 bits per heavy atom. The molecular weight excluding hydrogens is 220 g/mol. The molecule has 0 aliphatic carbocycles. The summed E-state index contributed by atoms with van der Waals surface area (Å²) < 4.78 is 10.3. The fourth-order valence-corrected chi connectivity index (χ4v) is 1.20. The lowest BCUT2D eigenvalue weighted by atomic mass is 10.2. The van der Waals surface area contributed by atoms with Gasteiger partial charge in [-0.15, -0.1) is 0 Å². The van der Waals surface area contributed by atoms with Crippen LogP contribution in [0.15, 0.2) is 24.3 Å². The molecule has 0 aliphatic heterocycles. The first-order valence-electron chi connectivity index (χ1n) is 5.66. The second kappa shape index (κ2) is 6.25. The van der Waals surface area contributed by atoms with Gasteiger partial charge in [0, 0.05) is 0 Å². The molecule has 1 aromatic carbocycles. The molecule has 0 saturated heterocycles. The summed E-state index contributed by atoms with van der Waals surface area (Å²) in [6.07, 6.45) is -0.830. The third-order valence-corrected chi connectivity index (χ3v) is 2.37. The Morgan fingerprint density at radius 3 is 2.35 bits per heavy atom. The maximum absolute atomic E-state index is 11.4. The first-order valence-corrected chi connectivity index (χ1v) is 5.66. The van der Waals surface area contributed by atoms with E-state index in [9.17, 15) is 9.90 Å². The summed E-state index contributed by atoms with van der Waals surface area (Å²) in [4.78, 5) is 11.4. The van der Waals surface area contributed by atoms with Crippen LogP contribution in [0.3, 0.4) is 0 Å². The van der Waals surface area contributed by atoms with Crippen molar-refractivity contribution in [2.45, 2.75) is 33.0 Å². The molecule has 0 saturated carbocycles. The number of ether oxygens (including phenoxy) is 2. The van der Waals surface area contributed by atoms with Crippen LogP contribution in [0, 0.1) is 0 Å². The topological polar surface area (TPSA) is 55.8 Å². The van der Waals surface area contributed by atoms with Crippen LogP contribution < -0.4 is 4.74 Å². The second-order valence-corrected chi connectivity index (χ2v) is 3.81. The van der Waals surface area contributed by atoms with Gasteiger partial charge in [0.1, 0.15) is 11.9 Å². The summed E-state index contributed by atoms with van der Waals surface area (Å²) in [5.41, 5.74) is 0.490. The van der Waals surface area contributed by atoms with Crippen LogP contribution in [-0.4, -0.2) is 29.9 Å². The average Bonchev–Trinajstić information content (AvgIpc) is 2.30. The van der Waals surface area contributed by atoms with Crippen LogP contribution in [0.1, 0.15) is 31.1 Å². The Labute approximate surface area is 101 Å². The van der Waals surface area contributed by atoms with Crippen LogP contribution in [-0.2, 0) is 4.74 Å². The number of aliphatic hydroxyl groups is 1. The number of rotatable bonds is 5. The van der Waals surface area contributed by atoms with E-state index in [4.69, 9.17) is 9.47 Å². The molecule has 2 unspecified atom stereocenters. The summed E-state index contributed by atoms with van der Waals surface area (Å²) in [6.45, 7) is 5.57. The third kappa shape index (κ3) is 4.07. The van der Waals surface area contributed by atoms with Gasteiger partial charge in [0.15, 0.2) is 0 Å². The predicted octanol–water partition coefficient (Wildman–Crippen LogP) is 2.01. The van der Waals surface area contributed by atoms with Crippen molar-refractivity contribution in [2.24, 2.45) is 0 Å². The lowest BCUT2D eigenvalue weighted by Crippen LogP contribution is -2.25. The Kier molecular flexibility index (Phi) is 4.97. The SMILES string of the molecule is CCOC(=O)c1ccc(OC(C)C(C)O)cc1. The summed E-state index contributed by atoms with van der Waals surface area (Å²) in [5, 5.41) is 9.30. The molecule has 0 radical (unpaired) electrons. The number of carbonyl (C=O) groups is 1. The van der Waals surface area contributed by atoms with Crippen LogP contribution in [0.5, 0.6) is 5.75 Å².